The van der Waals surface area contributed by atoms with Crippen molar-refractivity contribution in [3.05, 3.63) is 30.3 Å². The Morgan fingerprint density at radius 2 is 1.83 bits per heavy atom. The van der Waals surface area contributed by atoms with Crippen LogP contribution >= 0.6 is 11.6 Å². The zero-order chi connectivity index (χ0) is 13.1. The summed E-state index contributed by atoms with van der Waals surface area (Å²) in [6, 6.07) is 9.33. The highest BCUT2D eigenvalue weighted by atomic mass is 35.5. The second-order valence-corrected chi connectivity index (χ2v) is 4.43. The summed E-state index contributed by atoms with van der Waals surface area (Å²) in [5.74, 6) is 1.36. The SMILES string of the molecule is O=C(COc1ccccc1)NCCCCCCCl. The molecule has 0 heterocycles. The molecule has 0 aliphatic carbocycles. The van der Waals surface area contributed by atoms with Crippen LogP contribution in [0.5, 0.6) is 5.75 Å². The standard InChI is InChI=1S/C14H20ClNO2/c15-10-6-1-2-7-11-16-14(17)12-18-13-8-4-3-5-9-13/h3-5,8-9H,1-2,6-7,10-12H2,(H,16,17). The molecule has 18 heavy (non-hydrogen) atoms. The van der Waals surface area contributed by atoms with Crippen LogP contribution in [0.15, 0.2) is 30.3 Å². The van der Waals surface area contributed by atoms with Gasteiger partial charge in [0.05, 0.1) is 0 Å². The second-order valence-electron chi connectivity index (χ2n) is 4.05. The molecule has 1 N–H and O–H groups in total. The van der Waals surface area contributed by atoms with Gasteiger partial charge < -0.3 is 10.1 Å². The quantitative estimate of drug-likeness (QED) is 0.553. The average molecular weight is 270 g/mol. The molecular weight excluding hydrogens is 250 g/mol. The lowest BCUT2D eigenvalue weighted by Gasteiger charge is -2.07. The Bertz CT molecular complexity index is 330. The minimum Gasteiger partial charge on any atom is -0.484 e. The molecule has 0 aromatic heterocycles. The third-order valence-electron chi connectivity index (χ3n) is 2.50. The largest absolute Gasteiger partial charge is 0.484 e. The maximum atomic E-state index is 11.4. The highest BCUT2D eigenvalue weighted by molar-refractivity contribution is 6.17. The molecule has 0 aliphatic rings. The summed E-state index contributed by atoms with van der Waals surface area (Å²) >= 11 is 5.58. The van der Waals surface area contributed by atoms with Crippen molar-refractivity contribution >= 4 is 17.5 Å². The van der Waals surface area contributed by atoms with Gasteiger partial charge in [0.2, 0.25) is 0 Å². The third-order valence-corrected chi connectivity index (χ3v) is 2.76. The number of carbonyl (C=O) groups is 1. The van der Waals surface area contributed by atoms with Crippen molar-refractivity contribution in [1.29, 1.82) is 0 Å². The number of amides is 1. The fourth-order valence-electron chi connectivity index (χ4n) is 1.52. The van der Waals surface area contributed by atoms with Crippen LogP contribution in [0.3, 0.4) is 0 Å². The molecular formula is C14H20ClNO2. The lowest BCUT2D eigenvalue weighted by Crippen LogP contribution is -2.29. The first-order chi connectivity index (χ1) is 8.83. The molecule has 0 saturated carbocycles. The second kappa shape index (κ2) is 9.77. The predicted octanol–water partition coefficient (Wildman–Crippen LogP) is 2.98. The summed E-state index contributed by atoms with van der Waals surface area (Å²) in [6.45, 7) is 0.783. The van der Waals surface area contributed by atoms with E-state index in [0.29, 0.717) is 6.54 Å². The molecule has 0 spiro atoms. The first-order valence-electron chi connectivity index (χ1n) is 6.33. The molecule has 0 unspecified atom stereocenters. The predicted molar refractivity (Wildman–Crippen MR) is 74.1 cm³/mol. The van der Waals surface area contributed by atoms with Gasteiger partial charge in [0, 0.05) is 12.4 Å². The number of hydrogen-bond donors (Lipinski definition) is 1. The Morgan fingerprint density at radius 3 is 2.56 bits per heavy atom. The van der Waals surface area contributed by atoms with Crippen LogP contribution in [-0.2, 0) is 4.79 Å². The van der Waals surface area contributed by atoms with Crippen molar-refractivity contribution in [3.63, 3.8) is 0 Å². The van der Waals surface area contributed by atoms with Crippen molar-refractivity contribution in [3.8, 4) is 5.75 Å². The summed E-state index contributed by atoms with van der Waals surface area (Å²) in [4.78, 5) is 11.4. The molecule has 0 saturated heterocycles. The summed E-state index contributed by atoms with van der Waals surface area (Å²) in [7, 11) is 0. The van der Waals surface area contributed by atoms with Gasteiger partial charge in [0.25, 0.3) is 5.91 Å². The van der Waals surface area contributed by atoms with Gasteiger partial charge in [-0.15, -0.1) is 11.6 Å². The summed E-state index contributed by atoms with van der Waals surface area (Å²) < 4.78 is 5.33. The van der Waals surface area contributed by atoms with E-state index >= 15 is 0 Å². The van der Waals surface area contributed by atoms with Gasteiger partial charge >= 0.3 is 0 Å². The number of alkyl halides is 1. The molecule has 0 bridgehead atoms. The fourth-order valence-corrected chi connectivity index (χ4v) is 1.71. The number of rotatable bonds is 9. The lowest BCUT2D eigenvalue weighted by atomic mass is 10.2. The first kappa shape index (κ1) is 14.8. The average Bonchev–Trinajstić information content (AvgIpc) is 2.41. The molecule has 3 nitrogen and oxygen atoms in total. The summed E-state index contributed by atoms with van der Waals surface area (Å²) in [5.41, 5.74) is 0. The number of para-hydroxylation sites is 1. The highest BCUT2D eigenvalue weighted by Crippen LogP contribution is 2.07. The van der Waals surface area contributed by atoms with Crippen molar-refractivity contribution in [2.24, 2.45) is 0 Å². The van der Waals surface area contributed by atoms with E-state index < -0.39 is 0 Å². The third kappa shape index (κ3) is 7.17. The van der Waals surface area contributed by atoms with Crippen LogP contribution in [0, 0.1) is 0 Å². The van der Waals surface area contributed by atoms with E-state index in [9.17, 15) is 4.79 Å². The fraction of sp³-hybridized carbons (Fsp3) is 0.500. The van der Waals surface area contributed by atoms with E-state index in [2.05, 4.69) is 5.32 Å². The Labute approximate surface area is 113 Å². The number of hydrogen-bond acceptors (Lipinski definition) is 2. The van der Waals surface area contributed by atoms with Gasteiger partial charge in [0.1, 0.15) is 5.75 Å². The van der Waals surface area contributed by atoms with Crippen molar-refractivity contribution < 1.29 is 9.53 Å². The first-order valence-corrected chi connectivity index (χ1v) is 6.87. The minimum atomic E-state index is -0.0730. The Hall–Kier alpha value is -1.22. The van der Waals surface area contributed by atoms with E-state index in [4.69, 9.17) is 16.3 Å². The van der Waals surface area contributed by atoms with Gasteiger partial charge in [0.15, 0.2) is 6.61 Å². The summed E-state index contributed by atoms with van der Waals surface area (Å²) in [6.07, 6.45) is 4.27. The molecule has 1 amide bonds. The zero-order valence-corrected chi connectivity index (χ0v) is 11.3. The van der Waals surface area contributed by atoms with Gasteiger partial charge in [-0.1, -0.05) is 31.0 Å². The maximum absolute atomic E-state index is 11.4. The number of unbranched alkanes of at least 4 members (excludes halogenated alkanes) is 3. The van der Waals surface area contributed by atoms with Gasteiger partial charge in [-0.25, -0.2) is 0 Å². The number of nitrogens with one attached hydrogen (secondary N) is 1. The van der Waals surface area contributed by atoms with Crippen molar-refractivity contribution in [1.82, 2.24) is 5.32 Å². The minimum absolute atomic E-state index is 0.0730. The monoisotopic (exact) mass is 269 g/mol. The van der Waals surface area contributed by atoms with Crippen LogP contribution in [0.2, 0.25) is 0 Å². The lowest BCUT2D eigenvalue weighted by molar-refractivity contribution is -0.123. The van der Waals surface area contributed by atoms with Crippen LogP contribution in [0.4, 0.5) is 0 Å². The van der Waals surface area contributed by atoms with Gasteiger partial charge in [-0.2, -0.15) is 0 Å². The molecule has 0 atom stereocenters. The van der Waals surface area contributed by atoms with Crippen molar-refractivity contribution in [2.75, 3.05) is 19.0 Å². The van der Waals surface area contributed by atoms with Crippen molar-refractivity contribution in [2.45, 2.75) is 25.7 Å². The maximum Gasteiger partial charge on any atom is 0.257 e. The van der Waals surface area contributed by atoms with Crippen LogP contribution in [0.25, 0.3) is 0 Å². The van der Waals surface area contributed by atoms with Crippen LogP contribution in [0.1, 0.15) is 25.7 Å². The highest BCUT2D eigenvalue weighted by Gasteiger charge is 2.01. The smallest absolute Gasteiger partial charge is 0.257 e. The van der Waals surface area contributed by atoms with Crippen LogP contribution < -0.4 is 10.1 Å². The van der Waals surface area contributed by atoms with Crippen LogP contribution in [-0.4, -0.2) is 24.9 Å². The number of benzene rings is 1. The summed E-state index contributed by atoms with van der Waals surface area (Å²) in [5, 5.41) is 2.83. The molecule has 1 rings (SSSR count). The zero-order valence-electron chi connectivity index (χ0n) is 10.5. The topological polar surface area (TPSA) is 38.3 Å². The van der Waals surface area contributed by atoms with Gasteiger partial charge in [-0.3, -0.25) is 4.79 Å². The molecule has 4 heteroatoms. The molecule has 1 aromatic carbocycles. The van der Waals surface area contributed by atoms with E-state index in [1.807, 2.05) is 30.3 Å². The van der Waals surface area contributed by atoms with E-state index in [1.54, 1.807) is 0 Å². The van der Waals surface area contributed by atoms with E-state index in [0.717, 1.165) is 37.3 Å². The Balaban J connectivity index is 2.01. The van der Waals surface area contributed by atoms with E-state index in [1.165, 1.54) is 0 Å². The molecule has 0 fully saturated rings. The normalized spacial score (nSPS) is 10.1. The number of ether oxygens (including phenoxy) is 1. The molecule has 0 aliphatic heterocycles. The van der Waals surface area contributed by atoms with Gasteiger partial charge in [-0.05, 0) is 25.0 Å². The Kier molecular flexibility index (Phi) is 8.06. The molecule has 1 aromatic rings. The number of halogens is 1. The van der Waals surface area contributed by atoms with E-state index in [-0.39, 0.29) is 12.5 Å². The number of carbonyl (C=O) groups excluding carboxylic acids is 1. The molecule has 100 valence electrons. The molecule has 0 radical (unpaired) electrons. The Morgan fingerprint density at radius 1 is 1.11 bits per heavy atom.